The maximum Gasteiger partial charge on any atom is 0.322 e. The number of hydrogen-bond donors (Lipinski definition) is 1. The lowest BCUT2D eigenvalue weighted by molar-refractivity contribution is -0.384. The predicted molar refractivity (Wildman–Crippen MR) is 60.4 cm³/mol. The number of carbonyl (C=O) groups excluding carboxylic acids is 1. The third-order valence-corrected chi connectivity index (χ3v) is 2.11. The van der Waals surface area contributed by atoms with Crippen molar-refractivity contribution in [2.45, 2.75) is 12.5 Å². The smallest absolute Gasteiger partial charge is 0.322 e. The normalized spacial score (nSPS) is 11.2. The molecule has 0 aromatic heterocycles. The number of nitro groups is 1. The second-order valence-electron chi connectivity index (χ2n) is 3.26. The average molecular weight is 242 g/mol. The zero-order chi connectivity index (χ0) is 12.1. The highest BCUT2D eigenvalue weighted by Gasteiger charge is 2.14. The SMILES string of the molecule is COC(=O)C(N)Cc1ccc([N+](=O)[O-])cc1.O. The minimum atomic E-state index is -0.744. The highest BCUT2D eigenvalue weighted by molar-refractivity contribution is 5.75. The lowest BCUT2D eigenvalue weighted by Gasteiger charge is -2.08. The summed E-state index contributed by atoms with van der Waals surface area (Å²) in [6.07, 6.45) is 0.296. The highest BCUT2D eigenvalue weighted by Crippen LogP contribution is 2.12. The van der Waals surface area contributed by atoms with Crippen LogP contribution in [0.4, 0.5) is 5.69 Å². The van der Waals surface area contributed by atoms with Crippen LogP contribution in [-0.4, -0.2) is 29.5 Å². The number of esters is 1. The van der Waals surface area contributed by atoms with Crippen molar-refractivity contribution in [1.82, 2.24) is 0 Å². The largest absolute Gasteiger partial charge is 0.468 e. The first-order valence-electron chi connectivity index (χ1n) is 4.61. The number of non-ortho nitro benzene ring substituents is 1. The van der Waals surface area contributed by atoms with E-state index >= 15 is 0 Å². The molecule has 4 N–H and O–H groups in total. The Morgan fingerprint density at radius 3 is 2.41 bits per heavy atom. The minimum absolute atomic E-state index is 0. The van der Waals surface area contributed by atoms with E-state index in [2.05, 4.69) is 4.74 Å². The quantitative estimate of drug-likeness (QED) is 0.444. The zero-order valence-electron chi connectivity index (χ0n) is 9.25. The van der Waals surface area contributed by atoms with E-state index in [1.54, 1.807) is 12.1 Å². The Balaban J connectivity index is 0.00000256. The van der Waals surface area contributed by atoms with Crippen LogP contribution in [0.25, 0.3) is 0 Å². The van der Waals surface area contributed by atoms with E-state index in [0.717, 1.165) is 5.56 Å². The van der Waals surface area contributed by atoms with E-state index in [1.807, 2.05) is 0 Å². The molecule has 1 rings (SSSR count). The molecule has 0 fully saturated rings. The third kappa shape index (κ3) is 4.17. The van der Waals surface area contributed by atoms with Crippen molar-refractivity contribution in [2.75, 3.05) is 7.11 Å². The molecule has 0 aliphatic carbocycles. The summed E-state index contributed by atoms with van der Waals surface area (Å²) in [5, 5.41) is 10.4. The number of ether oxygens (including phenoxy) is 1. The van der Waals surface area contributed by atoms with Crippen LogP contribution in [0, 0.1) is 10.1 Å². The second kappa shape index (κ2) is 6.56. The Bertz CT molecular complexity index is 390. The fraction of sp³-hybridized carbons (Fsp3) is 0.300. The Labute approximate surface area is 97.6 Å². The highest BCUT2D eigenvalue weighted by atomic mass is 16.6. The van der Waals surface area contributed by atoms with Crippen LogP contribution in [-0.2, 0) is 16.0 Å². The lowest BCUT2D eigenvalue weighted by Crippen LogP contribution is -2.33. The molecule has 0 amide bonds. The first-order chi connectivity index (χ1) is 7.54. The predicted octanol–water partition coefficient (Wildman–Crippen LogP) is -0.187. The number of benzene rings is 1. The maximum absolute atomic E-state index is 11.0. The summed E-state index contributed by atoms with van der Waals surface area (Å²) in [6.45, 7) is 0. The summed E-state index contributed by atoms with van der Waals surface area (Å²) in [5.74, 6) is -0.502. The van der Waals surface area contributed by atoms with Gasteiger partial charge in [-0.2, -0.15) is 0 Å². The summed E-state index contributed by atoms with van der Waals surface area (Å²) in [7, 11) is 1.26. The molecule has 0 spiro atoms. The van der Waals surface area contributed by atoms with Gasteiger partial charge >= 0.3 is 5.97 Å². The molecule has 1 aromatic carbocycles. The van der Waals surface area contributed by atoms with Crippen LogP contribution in [0.5, 0.6) is 0 Å². The summed E-state index contributed by atoms with van der Waals surface area (Å²) >= 11 is 0. The molecule has 0 saturated heterocycles. The van der Waals surface area contributed by atoms with Gasteiger partial charge in [-0.3, -0.25) is 14.9 Å². The number of methoxy groups -OCH3 is 1. The molecule has 1 unspecified atom stereocenters. The van der Waals surface area contributed by atoms with Crippen LogP contribution in [0.15, 0.2) is 24.3 Å². The first kappa shape index (κ1) is 15.0. The average Bonchev–Trinajstić information content (AvgIpc) is 2.28. The van der Waals surface area contributed by atoms with Gasteiger partial charge in [0, 0.05) is 12.1 Å². The maximum atomic E-state index is 11.0. The van der Waals surface area contributed by atoms with Gasteiger partial charge < -0.3 is 15.9 Å². The summed E-state index contributed by atoms with van der Waals surface area (Å²) in [6, 6.07) is 5.15. The van der Waals surface area contributed by atoms with Gasteiger partial charge in [0.1, 0.15) is 6.04 Å². The summed E-state index contributed by atoms with van der Waals surface area (Å²) < 4.78 is 4.47. The number of nitro benzene ring substituents is 1. The Morgan fingerprint density at radius 1 is 1.47 bits per heavy atom. The van der Waals surface area contributed by atoms with Gasteiger partial charge in [0.2, 0.25) is 0 Å². The van der Waals surface area contributed by atoms with Gasteiger partial charge in [-0.05, 0) is 12.0 Å². The van der Waals surface area contributed by atoms with Gasteiger partial charge in [0.25, 0.3) is 5.69 Å². The van der Waals surface area contributed by atoms with Crippen LogP contribution < -0.4 is 5.73 Å². The van der Waals surface area contributed by atoms with Gasteiger partial charge in [-0.25, -0.2) is 0 Å². The fourth-order valence-electron chi connectivity index (χ4n) is 1.24. The molecule has 7 nitrogen and oxygen atoms in total. The Morgan fingerprint density at radius 2 is 2.00 bits per heavy atom. The molecule has 94 valence electrons. The molecule has 17 heavy (non-hydrogen) atoms. The van der Waals surface area contributed by atoms with Gasteiger partial charge in [-0.1, -0.05) is 12.1 Å². The summed E-state index contributed by atoms with van der Waals surface area (Å²) in [5.41, 5.74) is 6.31. The van der Waals surface area contributed by atoms with Gasteiger partial charge in [0.05, 0.1) is 12.0 Å². The van der Waals surface area contributed by atoms with Crippen molar-refractivity contribution in [3.63, 3.8) is 0 Å². The molecule has 0 aliphatic rings. The molecule has 7 heteroatoms. The molecule has 0 saturated carbocycles. The molecule has 0 heterocycles. The van der Waals surface area contributed by atoms with E-state index in [9.17, 15) is 14.9 Å². The zero-order valence-corrected chi connectivity index (χ0v) is 9.25. The lowest BCUT2D eigenvalue weighted by atomic mass is 10.1. The van der Waals surface area contributed by atoms with Crippen molar-refractivity contribution in [2.24, 2.45) is 5.73 Å². The second-order valence-corrected chi connectivity index (χ2v) is 3.26. The van der Waals surface area contributed by atoms with Crippen LogP contribution in [0.2, 0.25) is 0 Å². The fourth-order valence-corrected chi connectivity index (χ4v) is 1.24. The number of carbonyl (C=O) groups is 1. The van der Waals surface area contributed by atoms with Crippen LogP contribution in [0.3, 0.4) is 0 Å². The standard InChI is InChI=1S/C10H12N2O4.H2O/c1-16-10(13)9(11)6-7-2-4-8(5-3-7)12(14)15;/h2-5,9H,6,11H2,1H3;1H2. The number of hydrogen-bond acceptors (Lipinski definition) is 5. The monoisotopic (exact) mass is 242 g/mol. The van der Waals surface area contributed by atoms with Crippen LogP contribution in [0.1, 0.15) is 5.56 Å². The molecule has 0 bridgehead atoms. The number of nitrogens with zero attached hydrogens (tertiary/aromatic N) is 1. The van der Waals surface area contributed by atoms with Crippen molar-refractivity contribution in [1.29, 1.82) is 0 Å². The van der Waals surface area contributed by atoms with E-state index in [0.29, 0.717) is 6.42 Å². The Kier molecular flexibility index (Phi) is 5.79. The molecule has 1 aromatic rings. The molecular weight excluding hydrogens is 228 g/mol. The van der Waals surface area contributed by atoms with Crippen molar-refractivity contribution in [3.05, 3.63) is 39.9 Å². The Hall–Kier alpha value is -1.99. The van der Waals surface area contributed by atoms with E-state index in [4.69, 9.17) is 5.73 Å². The number of nitrogens with two attached hydrogens (primary N) is 1. The minimum Gasteiger partial charge on any atom is -0.468 e. The molecule has 0 radical (unpaired) electrons. The number of rotatable bonds is 4. The molecule has 1 atom stereocenters. The van der Waals surface area contributed by atoms with Crippen molar-refractivity contribution >= 4 is 11.7 Å². The van der Waals surface area contributed by atoms with E-state index in [1.165, 1.54) is 19.2 Å². The first-order valence-corrected chi connectivity index (χ1v) is 4.61. The van der Waals surface area contributed by atoms with E-state index in [-0.39, 0.29) is 11.2 Å². The van der Waals surface area contributed by atoms with E-state index < -0.39 is 16.9 Å². The third-order valence-electron chi connectivity index (χ3n) is 2.11. The molecular formula is C10H14N2O5. The van der Waals surface area contributed by atoms with Gasteiger partial charge in [0.15, 0.2) is 0 Å². The summed E-state index contributed by atoms with van der Waals surface area (Å²) in [4.78, 5) is 20.9. The van der Waals surface area contributed by atoms with Crippen LogP contribution >= 0.6 is 0 Å². The van der Waals surface area contributed by atoms with Gasteiger partial charge in [-0.15, -0.1) is 0 Å². The topological polar surface area (TPSA) is 127 Å². The van der Waals surface area contributed by atoms with Crippen molar-refractivity contribution in [3.8, 4) is 0 Å². The van der Waals surface area contributed by atoms with Crippen molar-refractivity contribution < 1.29 is 19.9 Å². The molecule has 0 aliphatic heterocycles.